The lowest BCUT2D eigenvalue weighted by Gasteiger charge is -2.46. The zero-order chi connectivity index (χ0) is 50.3. The molecule has 1 saturated heterocycles. The number of nitrogens with one attached hydrogen (secondary N) is 3. The Balaban J connectivity index is 1.24. The molecule has 0 radical (unpaired) electrons. The molecule has 0 saturated carbocycles. The van der Waals surface area contributed by atoms with Crippen LogP contribution in [-0.2, 0) is 67.0 Å². The number of β-lactam (4-membered cyclic amide) rings is 1. The number of nitro benzene ring substituents is 1. The van der Waals surface area contributed by atoms with Gasteiger partial charge in [-0.25, -0.2) is 13.2 Å². The Hall–Kier alpha value is -7.02. The Morgan fingerprint density at radius 2 is 1.40 bits per heavy atom. The molecule has 1 aromatic heterocycles. The van der Waals surface area contributed by atoms with Crippen molar-refractivity contribution < 1.29 is 50.0 Å². The van der Waals surface area contributed by atoms with Gasteiger partial charge in [0.25, 0.3) is 34.2 Å². The van der Waals surface area contributed by atoms with Gasteiger partial charge in [-0.15, -0.1) is 0 Å². The summed E-state index contributed by atoms with van der Waals surface area (Å²) in [5.74, 6) is 0.524. The molecular formula is C47H52N8O12S2Si. The quantitative estimate of drug-likeness (QED) is 0.0394. The van der Waals surface area contributed by atoms with Crippen LogP contribution in [0, 0.1) is 10.1 Å². The van der Waals surface area contributed by atoms with Crippen molar-refractivity contribution in [3.05, 3.63) is 166 Å². The number of aromatic nitrogens is 3. The molecule has 0 bridgehead atoms. The summed E-state index contributed by atoms with van der Waals surface area (Å²) in [5, 5.41) is 25.2. The molecule has 0 unspecified atom stereocenters. The van der Waals surface area contributed by atoms with Crippen LogP contribution < -0.4 is 34.0 Å². The van der Waals surface area contributed by atoms with Crippen molar-refractivity contribution in [1.82, 2.24) is 34.1 Å². The second kappa shape index (κ2) is 21.3. The lowest BCUT2D eigenvalue weighted by molar-refractivity contribution is -0.387. The number of para-hydroxylation sites is 1. The van der Waals surface area contributed by atoms with Crippen LogP contribution in [0.15, 0.2) is 138 Å². The molecule has 7 rings (SSSR count). The highest BCUT2D eigenvalue weighted by molar-refractivity contribution is 8.03. The van der Waals surface area contributed by atoms with Crippen LogP contribution in [0.4, 0.5) is 10.5 Å². The van der Waals surface area contributed by atoms with Gasteiger partial charge in [-0.3, -0.25) is 14.9 Å². The summed E-state index contributed by atoms with van der Waals surface area (Å²) in [7, 11) is -10.2. The molecule has 3 N–H and O–H groups in total. The Morgan fingerprint density at radius 3 is 2.00 bits per heavy atom. The number of amides is 2. The number of benzene rings is 5. The molecule has 23 heteroatoms. The topological polar surface area (TPSA) is 253 Å². The standard InChI is InChI=1S/C47H52N8O12S2Si/c1-47(2,3)70(36-19-11-7-12-20-36,37-21-13-8-14-22-37)67-32-39-38(28-48-69(62,63)52-68(60,61)43-24-16-15-23-40(43)55(58)59)50-54(51-39)30-41-44(49-46(57)66-31-33-17-9-6-10-18-33)45(56)53(41)29-34-25-26-35(64-4)27-42(34)65-5/h6-27,41,44,48,52H,28-32H2,1-5H3,(H,49,57)/t41-,44+/m1/s1. The first kappa shape index (κ1) is 50.8. The third-order valence-corrected chi connectivity index (χ3v) is 19.8. The van der Waals surface area contributed by atoms with Crippen LogP contribution in [0.25, 0.3) is 0 Å². The van der Waals surface area contributed by atoms with Gasteiger partial charge in [0.2, 0.25) is 5.91 Å². The summed E-state index contributed by atoms with van der Waals surface area (Å²) >= 11 is 0. The van der Waals surface area contributed by atoms with E-state index < -0.39 is 79.7 Å². The first-order valence-electron chi connectivity index (χ1n) is 21.8. The highest BCUT2D eigenvalue weighted by Gasteiger charge is 2.51. The molecule has 2 heterocycles. The molecule has 0 spiro atoms. The van der Waals surface area contributed by atoms with Crippen molar-refractivity contribution >= 4 is 56.6 Å². The second-order valence-electron chi connectivity index (χ2n) is 17.1. The van der Waals surface area contributed by atoms with E-state index in [4.69, 9.17) is 23.7 Å². The summed E-state index contributed by atoms with van der Waals surface area (Å²) in [5.41, 5.74) is 0.707. The lowest BCUT2D eigenvalue weighted by Crippen LogP contribution is -2.71. The van der Waals surface area contributed by atoms with Crippen LogP contribution in [0.1, 0.15) is 43.3 Å². The minimum absolute atomic E-state index is 0.0206. The molecule has 2 amide bonds. The van der Waals surface area contributed by atoms with E-state index in [0.29, 0.717) is 17.1 Å². The molecule has 20 nitrogen and oxygen atoms in total. The Morgan fingerprint density at radius 1 is 0.800 bits per heavy atom. The van der Waals surface area contributed by atoms with E-state index in [9.17, 15) is 36.5 Å². The number of rotatable bonds is 21. The van der Waals surface area contributed by atoms with Gasteiger partial charge in [0.05, 0.1) is 44.9 Å². The SMILES string of the molecule is COc1ccc(CN2C(=O)[C@@H](NC(=O)OCc3ccccc3)[C@H]2Cn2nc(CNS(=O)(=O)NS(=O)(=O)c3ccccc3[N+](=O)[O-])c(CO[Si](c3ccccc3)(c3ccccc3)C(C)(C)C)n2)c(OC)c1. The van der Waals surface area contributed by atoms with E-state index in [2.05, 4.69) is 35.9 Å². The number of ether oxygens (including phenoxy) is 3. The number of nitrogens with zero attached hydrogens (tertiary/aromatic N) is 5. The average molecular weight is 1010 g/mol. The van der Waals surface area contributed by atoms with Gasteiger partial charge in [-0.1, -0.05) is 128 Å². The Kier molecular flexibility index (Phi) is 15.5. The van der Waals surface area contributed by atoms with E-state index in [1.165, 1.54) is 36.0 Å². The smallest absolute Gasteiger partial charge is 0.408 e. The van der Waals surface area contributed by atoms with Crippen molar-refractivity contribution in [2.24, 2.45) is 0 Å². The molecule has 368 valence electrons. The molecule has 0 aliphatic carbocycles. The number of carbonyl (C=O) groups is 2. The molecule has 2 atom stereocenters. The summed E-state index contributed by atoms with van der Waals surface area (Å²) in [6.45, 7) is 5.21. The maximum atomic E-state index is 14.0. The van der Waals surface area contributed by atoms with Gasteiger partial charge in [0.1, 0.15) is 35.5 Å². The highest BCUT2D eigenvalue weighted by Crippen LogP contribution is 2.38. The lowest BCUT2D eigenvalue weighted by atomic mass is 9.94. The van der Waals surface area contributed by atoms with Crippen LogP contribution in [0.5, 0.6) is 11.5 Å². The minimum atomic E-state index is -5.01. The van der Waals surface area contributed by atoms with Gasteiger partial charge in [-0.2, -0.15) is 28.1 Å². The van der Waals surface area contributed by atoms with Crippen molar-refractivity contribution in [3.63, 3.8) is 0 Å². The van der Waals surface area contributed by atoms with Gasteiger partial charge in [0, 0.05) is 24.2 Å². The third kappa shape index (κ3) is 11.4. The fourth-order valence-corrected chi connectivity index (χ4v) is 15.6. The monoisotopic (exact) mass is 1010 g/mol. The maximum absolute atomic E-state index is 14.0. The molecule has 1 aliphatic rings. The largest absolute Gasteiger partial charge is 0.497 e. The first-order valence-corrected chi connectivity index (χ1v) is 26.7. The van der Waals surface area contributed by atoms with Crippen molar-refractivity contribution in [3.8, 4) is 11.5 Å². The predicted molar refractivity (Wildman–Crippen MR) is 259 cm³/mol. The highest BCUT2D eigenvalue weighted by atomic mass is 32.3. The number of hydrogen-bond donors (Lipinski definition) is 3. The molecule has 70 heavy (non-hydrogen) atoms. The van der Waals surface area contributed by atoms with Gasteiger partial charge in [0.15, 0.2) is 4.90 Å². The van der Waals surface area contributed by atoms with Crippen LogP contribution in [-0.4, -0.2) is 88.3 Å². The minimum Gasteiger partial charge on any atom is -0.497 e. The van der Waals surface area contributed by atoms with E-state index in [1.54, 1.807) is 46.6 Å². The van der Waals surface area contributed by atoms with Crippen LogP contribution in [0.3, 0.4) is 0 Å². The number of sulfonamides is 1. The van der Waals surface area contributed by atoms with Gasteiger partial charge in [-0.05, 0) is 39.2 Å². The normalized spacial score (nSPS) is 15.2. The first-order chi connectivity index (χ1) is 33.4. The number of alkyl carbamates (subject to hydrolysis) is 1. The summed E-state index contributed by atoms with van der Waals surface area (Å²) in [6, 6.07) is 36.0. The van der Waals surface area contributed by atoms with Crippen molar-refractivity contribution in [2.45, 2.75) is 75.6 Å². The van der Waals surface area contributed by atoms with Crippen molar-refractivity contribution in [2.75, 3.05) is 14.2 Å². The average Bonchev–Trinajstić information content (AvgIpc) is 3.74. The van der Waals surface area contributed by atoms with Gasteiger partial charge >= 0.3 is 6.09 Å². The zero-order valence-corrected chi connectivity index (χ0v) is 41.5. The summed E-state index contributed by atoms with van der Waals surface area (Å²) < 4.78 is 81.0. The zero-order valence-electron chi connectivity index (χ0n) is 38.8. The number of hydrogen-bond acceptors (Lipinski definition) is 14. The molecule has 5 aromatic carbocycles. The third-order valence-electron chi connectivity index (χ3n) is 11.7. The fourth-order valence-electron chi connectivity index (χ4n) is 8.29. The molecule has 6 aromatic rings. The molecule has 1 aliphatic heterocycles. The predicted octanol–water partition coefficient (Wildman–Crippen LogP) is 4.30. The van der Waals surface area contributed by atoms with E-state index in [1.807, 2.05) is 66.7 Å². The summed E-state index contributed by atoms with van der Waals surface area (Å²) in [4.78, 5) is 39.8. The fraction of sp³-hybridized carbons (Fsp3) is 0.277. The van der Waals surface area contributed by atoms with Crippen LogP contribution in [0.2, 0.25) is 5.04 Å². The van der Waals surface area contributed by atoms with E-state index in [0.717, 1.165) is 28.1 Å². The molecule has 1 fully saturated rings. The Labute approximate surface area is 406 Å². The second-order valence-corrected chi connectivity index (χ2v) is 24.8. The summed E-state index contributed by atoms with van der Waals surface area (Å²) in [6.07, 6.45) is -0.847. The number of methoxy groups -OCH3 is 2. The van der Waals surface area contributed by atoms with Gasteiger partial charge < -0.3 is 28.9 Å². The van der Waals surface area contributed by atoms with Crippen LogP contribution >= 0.6 is 0 Å². The Bertz CT molecular complexity index is 3010. The van der Waals surface area contributed by atoms with Crippen molar-refractivity contribution in [1.29, 1.82) is 0 Å². The molecular weight excluding hydrogens is 961 g/mol. The van der Waals surface area contributed by atoms with E-state index >= 15 is 0 Å². The van der Waals surface area contributed by atoms with E-state index in [-0.39, 0.29) is 37.7 Å². The number of carbonyl (C=O) groups excluding carboxylic acids is 2. The number of likely N-dealkylation sites (tertiary alicyclic amines) is 1. The maximum Gasteiger partial charge on any atom is 0.408 e. The number of nitro groups is 1.